The van der Waals surface area contributed by atoms with Crippen molar-refractivity contribution in [1.82, 2.24) is 9.97 Å². The number of aromatic nitrogens is 2. The Bertz CT molecular complexity index is 596. The second-order valence-corrected chi connectivity index (χ2v) is 4.03. The summed E-state index contributed by atoms with van der Waals surface area (Å²) in [6.45, 7) is 0. The van der Waals surface area contributed by atoms with Gasteiger partial charge in [0.15, 0.2) is 5.69 Å². The number of hydrogen-bond acceptors (Lipinski definition) is 4. The van der Waals surface area contributed by atoms with Crippen molar-refractivity contribution in [1.29, 1.82) is 5.26 Å². The van der Waals surface area contributed by atoms with Crippen LogP contribution in [0.15, 0.2) is 40.5 Å². The van der Waals surface area contributed by atoms with Gasteiger partial charge in [0.25, 0.3) is 0 Å². The van der Waals surface area contributed by atoms with Gasteiger partial charge in [0.1, 0.15) is 22.7 Å². The Morgan fingerprint density at radius 3 is 2.65 bits per heavy atom. The third kappa shape index (κ3) is 2.57. The highest BCUT2D eigenvalue weighted by atomic mass is 32.2. The number of rotatable bonds is 2. The predicted octanol–water partition coefficient (Wildman–Crippen LogP) is 2.78. The van der Waals surface area contributed by atoms with Crippen molar-refractivity contribution in [2.75, 3.05) is 0 Å². The van der Waals surface area contributed by atoms with Gasteiger partial charge < -0.3 is 0 Å². The maximum Gasteiger partial charge on any atom is 0.173 e. The standard InChI is InChI=1S/C11H5F2N3S/c12-7-1-2-10(8(13)5-7)17-11-9(6-14)15-3-4-16-11/h1-5H. The van der Waals surface area contributed by atoms with Crippen LogP contribution in [0, 0.1) is 23.0 Å². The summed E-state index contributed by atoms with van der Waals surface area (Å²) in [5.74, 6) is -1.34. The third-order valence-electron chi connectivity index (χ3n) is 1.87. The maximum atomic E-state index is 13.4. The highest BCUT2D eigenvalue weighted by molar-refractivity contribution is 7.99. The summed E-state index contributed by atoms with van der Waals surface area (Å²) < 4.78 is 26.1. The summed E-state index contributed by atoms with van der Waals surface area (Å²) in [6, 6.07) is 5.08. The van der Waals surface area contributed by atoms with E-state index in [1.54, 1.807) is 0 Å². The predicted molar refractivity (Wildman–Crippen MR) is 57.2 cm³/mol. The van der Waals surface area contributed by atoms with E-state index >= 15 is 0 Å². The molecule has 0 saturated carbocycles. The Kier molecular flexibility index (Phi) is 3.30. The van der Waals surface area contributed by atoms with Gasteiger partial charge in [-0.05, 0) is 12.1 Å². The minimum Gasteiger partial charge on any atom is -0.245 e. The second kappa shape index (κ2) is 4.89. The first kappa shape index (κ1) is 11.5. The number of hydrogen-bond donors (Lipinski definition) is 0. The Morgan fingerprint density at radius 1 is 1.18 bits per heavy atom. The molecule has 0 aliphatic rings. The van der Waals surface area contributed by atoms with Crippen LogP contribution in [0.2, 0.25) is 0 Å². The molecule has 1 heterocycles. The van der Waals surface area contributed by atoms with E-state index in [-0.39, 0.29) is 10.6 Å². The van der Waals surface area contributed by atoms with E-state index in [1.165, 1.54) is 18.5 Å². The first-order valence-electron chi connectivity index (χ1n) is 4.54. The van der Waals surface area contributed by atoms with E-state index in [9.17, 15) is 8.78 Å². The lowest BCUT2D eigenvalue weighted by Crippen LogP contribution is -1.91. The molecule has 1 aromatic heterocycles. The molecule has 0 radical (unpaired) electrons. The number of nitriles is 1. The Balaban J connectivity index is 2.35. The molecule has 84 valence electrons. The van der Waals surface area contributed by atoms with Gasteiger partial charge in [-0.2, -0.15) is 5.26 Å². The van der Waals surface area contributed by atoms with Crippen molar-refractivity contribution in [3.8, 4) is 6.07 Å². The van der Waals surface area contributed by atoms with Crippen molar-refractivity contribution in [2.24, 2.45) is 0 Å². The molecule has 0 amide bonds. The lowest BCUT2D eigenvalue weighted by Gasteiger charge is -2.03. The normalized spacial score (nSPS) is 9.94. The zero-order valence-corrected chi connectivity index (χ0v) is 9.21. The molecule has 6 heteroatoms. The van der Waals surface area contributed by atoms with Crippen LogP contribution in [-0.4, -0.2) is 9.97 Å². The SMILES string of the molecule is N#Cc1nccnc1Sc1ccc(F)cc1F. The Hall–Kier alpha value is -2.00. The molecular weight excluding hydrogens is 244 g/mol. The van der Waals surface area contributed by atoms with Gasteiger partial charge >= 0.3 is 0 Å². The van der Waals surface area contributed by atoms with Crippen LogP contribution in [0.5, 0.6) is 0 Å². The molecule has 0 spiro atoms. The van der Waals surface area contributed by atoms with Gasteiger partial charge in [0.05, 0.1) is 0 Å². The zero-order chi connectivity index (χ0) is 12.3. The smallest absolute Gasteiger partial charge is 0.173 e. The fraction of sp³-hybridized carbons (Fsp3) is 0. The fourth-order valence-electron chi connectivity index (χ4n) is 1.14. The van der Waals surface area contributed by atoms with Crippen LogP contribution in [0.25, 0.3) is 0 Å². The first-order valence-corrected chi connectivity index (χ1v) is 5.36. The molecule has 0 bridgehead atoms. The fourth-order valence-corrected chi connectivity index (χ4v) is 1.95. The number of halogens is 2. The van der Waals surface area contributed by atoms with Gasteiger partial charge in [-0.15, -0.1) is 0 Å². The summed E-state index contributed by atoms with van der Waals surface area (Å²) in [5.41, 5.74) is 0.112. The average Bonchev–Trinajstić information content (AvgIpc) is 2.33. The quantitative estimate of drug-likeness (QED) is 0.821. The van der Waals surface area contributed by atoms with E-state index in [2.05, 4.69) is 9.97 Å². The molecule has 0 fully saturated rings. The van der Waals surface area contributed by atoms with Crippen LogP contribution in [0.4, 0.5) is 8.78 Å². The summed E-state index contributed by atoms with van der Waals surface area (Å²) in [5, 5.41) is 9.08. The molecule has 0 saturated heterocycles. The van der Waals surface area contributed by atoms with Crippen molar-refractivity contribution in [3.05, 3.63) is 47.9 Å². The molecule has 3 nitrogen and oxygen atoms in total. The topological polar surface area (TPSA) is 49.6 Å². The lowest BCUT2D eigenvalue weighted by molar-refractivity contribution is 0.565. The van der Waals surface area contributed by atoms with Crippen molar-refractivity contribution >= 4 is 11.8 Å². The van der Waals surface area contributed by atoms with Gasteiger partial charge in [-0.3, -0.25) is 0 Å². The summed E-state index contributed by atoms with van der Waals surface area (Å²) in [4.78, 5) is 7.92. The zero-order valence-electron chi connectivity index (χ0n) is 8.39. The molecule has 0 aliphatic carbocycles. The van der Waals surface area contributed by atoms with E-state index in [0.717, 1.165) is 23.9 Å². The van der Waals surface area contributed by atoms with Crippen LogP contribution in [0.3, 0.4) is 0 Å². The maximum absolute atomic E-state index is 13.4. The van der Waals surface area contributed by atoms with Crippen molar-refractivity contribution < 1.29 is 8.78 Å². The van der Waals surface area contributed by atoms with E-state index in [0.29, 0.717) is 5.03 Å². The molecule has 0 atom stereocenters. The van der Waals surface area contributed by atoms with Gasteiger partial charge in [0.2, 0.25) is 0 Å². The number of benzene rings is 1. The number of nitrogens with zero attached hydrogens (tertiary/aromatic N) is 3. The molecule has 0 aliphatic heterocycles. The Morgan fingerprint density at radius 2 is 1.94 bits per heavy atom. The molecular formula is C11H5F2N3S. The van der Waals surface area contributed by atoms with E-state index in [1.807, 2.05) is 6.07 Å². The molecule has 0 N–H and O–H groups in total. The molecule has 2 rings (SSSR count). The summed E-state index contributed by atoms with van der Waals surface area (Å²) in [6.07, 6.45) is 2.79. The van der Waals surface area contributed by atoms with E-state index in [4.69, 9.17) is 5.26 Å². The molecule has 1 aromatic carbocycles. The third-order valence-corrected chi connectivity index (χ3v) is 2.91. The van der Waals surface area contributed by atoms with Gasteiger partial charge in [-0.1, -0.05) is 11.8 Å². The summed E-state index contributed by atoms with van der Waals surface area (Å²) in [7, 11) is 0. The van der Waals surface area contributed by atoms with Crippen LogP contribution >= 0.6 is 11.8 Å². The molecule has 17 heavy (non-hydrogen) atoms. The van der Waals surface area contributed by atoms with Gasteiger partial charge in [-0.25, -0.2) is 18.7 Å². The van der Waals surface area contributed by atoms with Gasteiger partial charge in [0, 0.05) is 23.4 Å². The highest BCUT2D eigenvalue weighted by Gasteiger charge is 2.10. The minimum absolute atomic E-state index is 0.112. The van der Waals surface area contributed by atoms with Crippen molar-refractivity contribution in [3.63, 3.8) is 0 Å². The van der Waals surface area contributed by atoms with Crippen LogP contribution < -0.4 is 0 Å². The Labute approximate surface area is 100 Å². The van der Waals surface area contributed by atoms with Crippen LogP contribution in [0.1, 0.15) is 5.69 Å². The first-order chi connectivity index (χ1) is 8.20. The monoisotopic (exact) mass is 249 g/mol. The van der Waals surface area contributed by atoms with E-state index < -0.39 is 11.6 Å². The second-order valence-electron chi connectivity index (χ2n) is 3.00. The summed E-state index contributed by atoms with van der Waals surface area (Å²) >= 11 is 0.936. The largest absolute Gasteiger partial charge is 0.245 e. The minimum atomic E-state index is -0.690. The molecule has 2 aromatic rings. The van der Waals surface area contributed by atoms with Crippen molar-refractivity contribution in [2.45, 2.75) is 9.92 Å². The average molecular weight is 249 g/mol. The lowest BCUT2D eigenvalue weighted by atomic mass is 10.3. The highest BCUT2D eigenvalue weighted by Crippen LogP contribution is 2.29. The molecule has 0 unspecified atom stereocenters. The van der Waals surface area contributed by atoms with Crippen LogP contribution in [-0.2, 0) is 0 Å².